The van der Waals surface area contributed by atoms with E-state index in [-0.39, 0.29) is 0 Å². The number of aliphatic hydroxyl groups is 1. The number of rotatable bonds is 4. The minimum Gasteiger partial charge on any atom is -0.390 e. The van der Waals surface area contributed by atoms with Crippen LogP contribution in [0.2, 0.25) is 0 Å². The van der Waals surface area contributed by atoms with Crippen molar-refractivity contribution < 1.29 is 58.1 Å². The van der Waals surface area contributed by atoms with Crippen molar-refractivity contribution in [3.05, 3.63) is 0 Å². The van der Waals surface area contributed by atoms with Gasteiger partial charge in [-0.3, -0.25) is 4.74 Å². The zero-order valence-corrected chi connectivity index (χ0v) is 8.22. The van der Waals surface area contributed by atoms with Crippen LogP contribution < -0.4 is 0 Å². The van der Waals surface area contributed by atoms with Gasteiger partial charge in [0.2, 0.25) is 0 Å². The molecule has 0 saturated heterocycles. The SMILES string of the molecule is OC[C@](F)(OC(F)(F)C(F)(F)C(F)(F)F)C(F)(F)F. The molecule has 19 heavy (non-hydrogen) atoms. The second-order valence-corrected chi connectivity index (χ2v) is 3.08. The van der Waals surface area contributed by atoms with Gasteiger partial charge in [-0.25, -0.2) is 0 Å². The monoisotopic (exact) mass is 316 g/mol. The average molecular weight is 316 g/mol. The quantitative estimate of drug-likeness (QED) is 0.808. The normalized spacial score (nSPS) is 18.3. The minimum absolute atomic E-state index is 1.89. The lowest BCUT2D eigenvalue weighted by atomic mass is 10.2. The summed E-state index contributed by atoms with van der Waals surface area (Å²) in [5.41, 5.74) is 0. The van der Waals surface area contributed by atoms with Crippen LogP contribution in [0.4, 0.5) is 48.3 Å². The molecular weight excluding hydrogens is 313 g/mol. The maximum absolute atomic E-state index is 12.7. The van der Waals surface area contributed by atoms with E-state index >= 15 is 0 Å². The van der Waals surface area contributed by atoms with Gasteiger partial charge in [0.25, 0.3) is 0 Å². The standard InChI is InChI=1S/C6H3F11O2/c7-2(1-18,4(10,11)12)19-6(16,17)3(8,9)5(13,14)15/h18H,1H2/t2-/m0/s1. The molecule has 0 amide bonds. The molecule has 0 aromatic rings. The van der Waals surface area contributed by atoms with Gasteiger partial charge in [0, 0.05) is 0 Å². The summed E-state index contributed by atoms with van der Waals surface area (Å²) in [7, 11) is 0. The fraction of sp³-hybridized carbons (Fsp3) is 1.00. The number of alkyl halides is 11. The van der Waals surface area contributed by atoms with E-state index in [9.17, 15) is 48.3 Å². The number of ether oxygens (including phenoxy) is 1. The third-order valence-electron chi connectivity index (χ3n) is 1.64. The third-order valence-corrected chi connectivity index (χ3v) is 1.64. The highest BCUT2D eigenvalue weighted by molar-refractivity contribution is 4.88. The Bertz CT molecular complexity index is 318. The fourth-order valence-electron chi connectivity index (χ4n) is 0.612. The first kappa shape index (κ1) is 18.1. The van der Waals surface area contributed by atoms with Gasteiger partial charge in [0.15, 0.2) is 0 Å². The van der Waals surface area contributed by atoms with E-state index in [2.05, 4.69) is 0 Å². The van der Waals surface area contributed by atoms with E-state index in [0.29, 0.717) is 0 Å². The van der Waals surface area contributed by atoms with E-state index < -0.39 is 36.8 Å². The van der Waals surface area contributed by atoms with Gasteiger partial charge in [-0.2, -0.15) is 48.3 Å². The summed E-state index contributed by atoms with van der Waals surface area (Å²) in [6.07, 6.45) is -20.4. The molecule has 0 saturated carbocycles. The van der Waals surface area contributed by atoms with Crippen molar-refractivity contribution in [2.75, 3.05) is 6.61 Å². The number of hydrogen-bond acceptors (Lipinski definition) is 2. The van der Waals surface area contributed by atoms with Gasteiger partial charge in [0.1, 0.15) is 6.61 Å². The van der Waals surface area contributed by atoms with Crippen molar-refractivity contribution in [2.45, 2.75) is 30.2 Å². The van der Waals surface area contributed by atoms with Gasteiger partial charge in [0.05, 0.1) is 0 Å². The molecule has 0 aliphatic heterocycles. The Morgan fingerprint density at radius 3 is 1.26 bits per heavy atom. The predicted octanol–water partition coefficient (Wildman–Crippen LogP) is 3.01. The summed E-state index contributed by atoms with van der Waals surface area (Å²) in [6.45, 7) is -2.94. The predicted molar refractivity (Wildman–Crippen MR) is 34.0 cm³/mol. The van der Waals surface area contributed by atoms with Crippen LogP contribution in [0.3, 0.4) is 0 Å². The molecule has 1 atom stereocenters. The zero-order chi connectivity index (χ0) is 15.9. The van der Waals surface area contributed by atoms with Crippen LogP contribution in [0.1, 0.15) is 0 Å². The summed E-state index contributed by atoms with van der Waals surface area (Å²) < 4.78 is 134. The highest BCUT2D eigenvalue weighted by Crippen LogP contribution is 2.50. The minimum atomic E-state index is -7.10. The Kier molecular flexibility index (Phi) is 4.40. The lowest BCUT2D eigenvalue weighted by molar-refractivity contribution is -0.485. The van der Waals surface area contributed by atoms with Gasteiger partial charge < -0.3 is 5.11 Å². The molecule has 0 aliphatic carbocycles. The molecule has 0 spiro atoms. The van der Waals surface area contributed by atoms with Crippen LogP contribution in [0.15, 0.2) is 0 Å². The summed E-state index contributed by atoms with van der Waals surface area (Å²) in [6, 6.07) is 0. The number of hydrogen-bond donors (Lipinski definition) is 1. The Morgan fingerprint density at radius 2 is 1.05 bits per heavy atom. The van der Waals surface area contributed by atoms with E-state index in [1.165, 1.54) is 0 Å². The summed E-state index contributed by atoms with van der Waals surface area (Å²) >= 11 is 0. The van der Waals surface area contributed by atoms with Crippen molar-refractivity contribution in [3.8, 4) is 0 Å². The fourth-order valence-corrected chi connectivity index (χ4v) is 0.612. The van der Waals surface area contributed by atoms with Crippen molar-refractivity contribution in [2.24, 2.45) is 0 Å². The van der Waals surface area contributed by atoms with Crippen LogP contribution in [-0.4, -0.2) is 42.0 Å². The number of halogens is 11. The first-order valence-electron chi connectivity index (χ1n) is 3.91. The molecule has 0 rings (SSSR count). The molecule has 13 heteroatoms. The first-order chi connectivity index (χ1) is 8.02. The summed E-state index contributed by atoms with van der Waals surface area (Å²) in [5, 5.41) is 7.87. The maximum atomic E-state index is 12.7. The molecule has 0 unspecified atom stereocenters. The molecule has 0 radical (unpaired) electrons. The van der Waals surface area contributed by atoms with Gasteiger partial charge in [-0.05, 0) is 0 Å². The number of aliphatic hydroxyl groups excluding tert-OH is 1. The zero-order valence-electron chi connectivity index (χ0n) is 8.22. The van der Waals surface area contributed by atoms with Gasteiger partial charge >= 0.3 is 30.2 Å². The van der Waals surface area contributed by atoms with Crippen molar-refractivity contribution >= 4 is 0 Å². The molecular formula is C6H3F11O2. The summed E-state index contributed by atoms with van der Waals surface area (Å²) in [5.74, 6) is -12.9. The van der Waals surface area contributed by atoms with Crippen molar-refractivity contribution in [1.82, 2.24) is 0 Å². The molecule has 2 nitrogen and oxygen atoms in total. The molecule has 0 aromatic carbocycles. The molecule has 1 N–H and O–H groups in total. The van der Waals surface area contributed by atoms with Crippen molar-refractivity contribution in [3.63, 3.8) is 0 Å². The lowest BCUT2D eigenvalue weighted by Gasteiger charge is -2.33. The molecule has 0 fully saturated rings. The smallest absolute Gasteiger partial charge is 0.390 e. The third kappa shape index (κ3) is 3.19. The second-order valence-electron chi connectivity index (χ2n) is 3.08. The Morgan fingerprint density at radius 1 is 0.684 bits per heavy atom. The average Bonchev–Trinajstić information content (AvgIpc) is 2.12. The largest absolute Gasteiger partial charge is 0.462 e. The highest BCUT2D eigenvalue weighted by atomic mass is 19.4. The van der Waals surface area contributed by atoms with E-state index in [1.54, 1.807) is 0 Å². The Balaban J connectivity index is 5.48. The van der Waals surface area contributed by atoms with Gasteiger partial charge in [-0.15, -0.1) is 0 Å². The van der Waals surface area contributed by atoms with E-state index in [1.807, 2.05) is 4.74 Å². The molecule has 0 aromatic heterocycles. The molecule has 0 aliphatic rings. The van der Waals surface area contributed by atoms with Crippen molar-refractivity contribution in [1.29, 1.82) is 0 Å². The Labute approximate surface area is 96.3 Å². The highest BCUT2D eigenvalue weighted by Gasteiger charge is 2.78. The lowest BCUT2D eigenvalue weighted by Crippen LogP contribution is -2.60. The van der Waals surface area contributed by atoms with Crippen LogP contribution in [0.25, 0.3) is 0 Å². The van der Waals surface area contributed by atoms with Crippen LogP contribution in [0, 0.1) is 0 Å². The molecule has 0 bridgehead atoms. The Hall–Kier alpha value is -0.850. The van der Waals surface area contributed by atoms with E-state index in [4.69, 9.17) is 5.11 Å². The second kappa shape index (κ2) is 4.61. The maximum Gasteiger partial charge on any atom is 0.462 e. The van der Waals surface area contributed by atoms with Crippen LogP contribution in [0.5, 0.6) is 0 Å². The van der Waals surface area contributed by atoms with Gasteiger partial charge in [-0.1, -0.05) is 0 Å². The molecule has 116 valence electrons. The van der Waals surface area contributed by atoms with Crippen LogP contribution >= 0.6 is 0 Å². The topological polar surface area (TPSA) is 29.5 Å². The first-order valence-corrected chi connectivity index (χ1v) is 3.91. The van der Waals surface area contributed by atoms with E-state index in [0.717, 1.165) is 0 Å². The van der Waals surface area contributed by atoms with Crippen LogP contribution in [-0.2, 0) is 4.74 Å². The summed E-state index contributed by atoms with van der Waals surface area (Å²) in [4.78, 5) is 0. The molecule has 0 heterocycles.